The normalized spacial score (nSPS) is 12.7. The number of halogens is 2. The van der Waals surface area contributed by atoms with Crippen molar-refractivity contribution in [1.29, 1.82) is 0 Å². The van der Waals surface area contributed by atoms with Gasteiger partial charge in [-0.15, -0.1) is 9.60 Å². The van der Waals surface area contributed by atoms with Crippen LogP contribution in [0.3, 0.4) is 0 Å². The summed E-state index contributed by atoms with van der Waals surface area (Å²) >= 11 is 6.15. The Bertz CT molecular complexity index is 308. The van der Waals surface area contributed by atoms with Gasteiger partial charge >= 0.3 is 0 Å². The second kappa shape index (κ2) is 9.17. The zero-order valence-electron chi connectivity index (χ0n) is 10.9. The van der Waals surface area contributed by atoms with Crippen LogP contribution in [0.4, 0.5) is 10.2 Å². The first-order valence-electron chi connectivity index (χ1n) is 6.58. The molecule has 1 aromatic carbocycles. The fourth-order valence-corrected chi connectivity index (χ4v) is 1.95. The number of unbranched alkanes of at least 4 members (excludes halogenated alkanes) is 1. The topological polar surface area (TPSA) is 15.3 Å². The Morgan fingerprint density at radius 1 is 1.22 bits per heavy atom. The van der Waals surface area contributed by atoms with E-state index in [4.69, 9.17) is 11.6 Å². The first-order chi connectivity index (χ1) is 8.72. The maximum absolute atomic E-state index is 13.2. The van der Waals surface area contributed by atoms with Crippen LogP contribution < -0.4 is 5.32 Å². The summed E-state index contributed by atoms with van der Waals surface area (Å²) in [5.74, 6) is 0. The fourth-order valence-electron chi connectivity index (χ4n) is 1.67. The number of anilines is 1. The summed E-state index contributed by atoms with van der Waals surface area (Å²) in [6.07, 6.45) is 3.44. The maximum atomic E-state index is 13.2. The zero-order valence-corrected chi connectivity index (χ0v) is 11.7. The van der Waals surface area contributed by atoms with Gasteiger partial charge in [-0.05, 0) is 31.4 Å². The van der Waals surface area contributed by atoms with E-state index in [1.807, 2.05) is 30.3 Å². The molecule has 0 saturated carbocycles. The van der Waals surface area contributed by atoms with Crippen molar-refractivity contribution in [2.75, 3.05) is 18.4 Å². The highest BCUT2D eigenvalue weighted by atomic mass is 35.5. The van der Waals surface area contributed by atoms with Crippen molar-refractivity contribution in [3.05, 3.63) is 30.3 Å². The third kappa shape index (κ3) is 6.82. The van der Waals surface area contributed by atoms with Crippen LogP contribution in [0.15, 0.2) is 30.3 Å². The third-order valence-electron chi connectivity index (χ3n) is 2.71. The highest BCUT2D eigenvalue weighted by molar-refractivity contribution is 6.21. The number of nitrogens with one attached hydrogen (secondary N) is 1. The van der Waals surface area contributed by atoms with Gasteiger partial charge in [-0.2, -0.15) is 0 Å². The number of hydrogen-bond donors (Lipinski definition) is 1. The molecule has 102 valence electrons. The van der Waals surface area contributed by atoms with Gasteiger partial charge in [0.1, 0.15) is 5.50 Å². The van der Waals surface area contributed by atoms with E-state index in [1.165, 1.54) is 0 Å². The van der Waals surface area contributed by atoms with Gasteiger partial charge in [0.15, 0.2) is 0 Å². The molecule has 2 nitrogen and oxygen atoms in total. The molecule has 0 heterocycles. The lowest BCUT2D eigenvalue weighted by molar-refractivity contribution is 0.0224. The quantitative estimate of drug-likeness (QED) is 0.406. The van der Waals surface area contributed by atoms with Gasteiger partial charge in [0, 0.05) is 18.8 Å². The summed E-state index contributed by atoms with van der Waals surface area (Å²) in [5.41, 5.74) is 0.854. The van der Waals surface area contributed by atoms with Crippen LogP contribution in [-0.4, -0.2) is 23.7 Å². The maximum Gasteiger partial charge on any atom is 0.101 e. The highest BCUT2D eigenvalue weighted by Gasteiger charge is 2.06. The van der Waals surface area contributed by atoms with Crippen LogP contribution in [0.25, 0.3) is 0 Å². The number of para-hydroxylation sites is 1. The summed E-state index contributed by atoms with van der Waals surface area (Å²) in [5, 5.41) is 4.07. The van der Waals surface area contributed by atoms with Crippen molar-refractivity contribution in [2.24, 2.45) is 0 Å². The first-order valence-corrected chi connectivity index (χ1v) is 7.02. The molecule has 1 N–H and O–H groups in total. The lowest BCUT2D eigenvalue weighted by atomic mass is 10.2. The minimum absolute atomic E-state index is 0.146. The molecule has 0 aliphatic carbocycles. The summed E-state index contributed by atoms with van der Waals surface area (Å²) in [4.78, 5) is 0. The van der Waals surface area contributed by atoms with Gasteiger partial charge in [-0.25, -0.2) is 0 Å². The number of nitrogens with zero attached hydrogens (tertiary/aromatic N) is 1. The molecule has 0 amide bonds. The molecule has 0 aliphatic heterocycles. The average molecular weight is 273 g/mol. The van der Waals surface area contributed by atoms with Crippen LogP contribution in [-0.2, 0) is 0 Å². The summed E-state index contributed by atoms with van der Waals surface area (Å²) in [7, 11) is 0. The average Bonchev–Trinajstić information content (AvgIpc) is 2.37. The van der Waals surface area contributed by atoms with E-state index in [-0.39, 0.29) is 5.50 Å². The van der Waals surface area contributed by atoms with Crippen molar-refractivity contribution in [3.63, 3.8) is 0 Å². The molecule has 0 saturated heterocycles. The van der Waals surface area contributed by atoms with Gasteiger partial charge in [0.25, 0.3) is 0 Å². The Hall–Kier alpha value is -0.800. The van der Waals surface area contributed by atoms with E-state index in [2.05, 4.69) is 12.2 Å². The largest absolute Gasteiger partial charge is 0.369 e. The van der Waals surface area contributed by atoms with Gasteiger partial charge in [-0.1, -0.05) is 43.1 Å². The van der Waals surface area contributed by atoms with Gasteiger partial charge in [-0.3, -0.25) is 0 Å². The molecule has 18 heavy (non-hydrogen) atoms. The Balaban J connectivity index is 2.12. The monoisotopic (exact) mass is 272 g/mol. The Morgan fingerprint density at radius 3 is 2.56 bits per heavy atom. The van der Waals surface area contributed by atoms with E-state index in [0.29, 0.717) is 13.1 Å². The van der Waals surface area contributed by atoms with Gasteiger partial charge in [0.2, 0.25) is 0 Å². The van der Waals surface area contributed by atoms with Crippen molar-refractivity contribution in [3.8, 4) is 0 Å². The summed E-state index contributed by atoms with van der Waals surface area (Å²) in [6, 6.07) is 9.82. The number of hydrogen-bond acceptors (Lipinski definition) is 2. The molecule has 1 unspecified atom stereocenters. The Morgan fingerprint density at radius 2 is 1.89 bits per heavy atom. The molecule has 0 aromatic heterocycles. The van der Waals surface area contributed by atoms with E-state index in [0.717, 1.165) is 36.5 Å². The molecule has 0 spiro atoms. The van der Waals surface area contributed by atoms with Gasteiger partial charge in [0.05, 0.1) is 0 Å². The van der Waals surface area contributed by atoms with E-state index >= 15 is 0 Å². The first kappa shape index (κ1) is 15.3. The third-order valence-corrected chi connectivity index (χ3v) is 3.04. The SMILES string of the molecule is CCCCN(F)CCCC(Cl)Nc1ccccc1. The van der Waals surface area contributed by atoms with Crippen LogP contribution in [0.5, 0.6) is 0 Å². The Labute approximate surface area is 114 Å². The van der Waals surface area contributed by atoms with Crippen molar-refractivity contribution in [1.82, 2.24) is 5.12 Å². The van der Waals surface area contributed by atoms with E-state index in [1.54, 1.807) is 0 Å². The number of benzene rings is 1. The second-order valence-electron chi connectivity index (χ2n) is 4.38. The number of rotatable bonds is 9. The molecule has 0 fully saturated rings. The summed E-state index contributed by atoms with van der Waals surface area (Å²) < 4.78 is 13.2. The van der Waals surface area contributed by atoms with E-state index < -0.39 is 0 Å². The zero-order chi connectivity index (χ0) is 13.2. The standard InChI is InChI=1S/C14H22ClFN2/c1-2-3-11-18(16)12-7-10-14(15)17-13-8-5-4-6-9-13/h4-6,8-9,14,17H,2-3,7,10-12H2,1H3. The summed E-state index contributed by atoms with van der Waals surface area (Å²) in [6.45, 7) is 3.04. The molecule has 1 atom stereocenters. The van der Waals surface area contributed by atoms with Crippen LogP contribution >= 0.6 is 11.6 Å². The van der Waals surface area contributed by atoms with Crippen LogP contribution in [0, 0.1) is 0 Å². The molecular formula is C14H22ClFN2. The molecule has 0 radical (unpaired) electrons. The lowest BCUT2D eigenvalue weighted by Gasteiger charge is -2.15. The smallest absolute Gasteiger partial charge is 0.101 e. The van der Waals surface area contributed by atoms with Crippen LogP contribution in [0.2, 0.25) is 0 Å². The predicted octanol–water partition coefficient (Wildman–Crippen LogP) is 4.43. The molecule has 0 aliphatic rings. The lowest BCUT2D eigenvalue weighted by Crippen LogP contribution is -2.19. The molecule has 0 bridgehead atoms. The minimum atomic E-state index is -0.146. The molecule has 4 heteroatoms. The predicted molar refractivity (Wildman–Crippen MR) is 76.5 cm³/mol. The van der Waals surface area contributed by atoms with Gasteiger partial charge < -0.3 is 5.32 Å². The highest BCUT2D eigenvalue weighted by Crippen LogP contribution is 2.13. The fraction of sp³-hybridized carbons (Fsp3) is 0.571. The second-order valence-corrected chi connectivity index (χ2v) is 4.91. The van der Waals surface area contributed by atoms with Crippen molar-refractivity contribution >= 4 is 17.3 Å². The molecule has 1 aromatic rings. The number of alkyl halides is 1. The van der Waals surface area contributed by atoms with E-state index in [9.17, 15) is 4.48 Å². The van der Waals surface area contributed by atoms with Crippen molar-refractivity contribution < 1.29 is 4.48 Å². The Kier molecular flexibility index (Phi) is 7.78. The molecular weight excluding hydrogens is 251 g/mol. The van der Waals surface area contributed by atoms with Crippen molar-refractivity contribution in [2.45, 2.75) is 38.1 Å². The molecule has 1 rings (SSSR count). The van der Waals surface area contributed by atoms with Crippen LogP contribution in [0.1, 0.15) is 32.6 Å². The minimum Gasteiger partial charge on any atom is -0.369 e.